The van der Waals surface area contributed by atoms with Crippen molar-refractivity contribution in [3.8, 4) is 0 Å². The van der Waals surface area contributed by atoms with Crippen LogP contribution in [-0.2, 0) is 14.8 Å². The minimum Gasteiger partial charge on any atom is -0.383 e. The number of carbonyl (C=O) groups excluding carboxylic acids is 1. The molecule has 0 aliphatic carbocycles. The predicted molar refractivity (Wildman–Crippen MR) is 56.0 cm³/mol. The second kappa shape index (κ2) is 3.88. The van der Waals surface area contributed by atoms with Gasteiger partial charge in [-0.2, -0.15) is 0 Å². The molecule has 16 heavy (non-hydrogen) atoms. The van der Waals surface area contributed by atoms with Crippen molar-refractivity contribution >= 4 is 15.9 Å². The smallest absolute Gasteiger partial charge is 0.266 e. The van der Waals surface area contributed by atoms with Gasteiger partial charge in [0.15, 0.2) is 0 Å². The van der Waals surface area contributed by atoms with Gasteiger partial charge in [0.1, 0.15) is 6.10 Å². The Morgan fingerprint density at radius 3 is 2.38 bits per heavy atom. The van der Waals surface area contributed by atoms with Crippen LogP contribution in [-0.4, -0.2) is 36.4 Å². The molecule has 1 saturated heterocycles. The molecule has 1 unspecified atom stereocenters. The number of carbonyl (C=O) groups is 1. The Hall–Kier alpha value is -1.40. The van der Waals surface area contributed by atoms with Crippen molar-refractivity contribution in [2.45, 2.75) is 17.4 Å². The number of benzene rings is 1. The first-order valence-corrected chi connectivity index (χ1v) is 6.27. The normalized spacial score (nSPS) is 21.4. The summed E-state index contributed by atoms with van der Waals surface area (Å²) in [5, 5.41) is 9.22. The zero-order chi connectivity index (χ0) is 11.8. The molecule has 1 amide bonds. The second-order valence-corrected chi connectivity index (χ2v) is 5.40. The van der Waals surface area contributed by atoms with E-state index in [2.05, 4.69) is 0 Å². The Morgan fingerprint density at radius 1 is 1.25 bits per heavy atom. The summed E-state index contributed by atoms with van der Waals surface area (Å²) in [6.07, 6.45) is -1.04. The zero-order valence-corrected chi connectivity index (χ0v) is 9.22. The van der Waals surface area contributed by atoms with E-state index in [0.29, 0.717) is 0 Å². The van der Waals surface area contributed by atoms with Crippen molar-refractivity contribution in [2.75, 3.05) is 6.54 Å². The monoisotopic (exact) mass is 241 g/mol. The fourth-order valence-electron chi connectivity index (χ4n) is 1.60. The molecule has 1 aromatic rings. The van der Waals surface area contributed by atoms with Crippen LogP contribution in [0.15, 0.2) is 35.2 Å². The Balaban J connectivity index is 2.38. The molecule has 0 bridgehead atoms. The molecule has 5 nitrogen and oxygen atoms in total. The largest absolute Gasteiger partial charge is 0.383 e. The van der Waals surface area contributed by atoms with Gasteiger partial charge in [-0.25, -0.2) is 12.7 Å². The first kappa shape index (κ1) is 11.1. The highest BCUT2D eigenvalue weighted by Gasteiger charge is 2.38. The van der Waals surface area contributed by atoms with Crippen molar-refractivity contribution in [1.29, 1.82) is 0 Å². The highest BCUT2D eigenvalue weighted by atomic mass is 32.2. The number of sulfonamides is 1. The summed E-state index contributed by atoms with van der Waals surface area (Å²) in [7, 11) is -3.80. The van der Waals surface area contributed by atoms with Gasteiger partial charge < -0.3 is 5.11 Å². The number of aliphatic hydroxyl groups excluding tert-OH is 1. The van der Waals surface area contributed by atoms with Crippen molar-refractivity contribution in [2.24, 2.45) is 0 Å². The van der Waals surface area contributed by atoms with Crippen LogP contribution in [0.5, 0.6) is 0 Å². The van der Waals surface area contributed by atoms with Crippen molar-refractivity contribution in [3.05, 3.63) is 30.3 Å². The number of aliphatic hydroxyl groups is 1. The maximum atomic E-state index is 12.0. The first-order valence-electron chi connectivity index (χ1n) is 4.83. The molecule has 1 aliphatic rings. The Bertz CT molecular complexity index is 497. The summed E-state index contributed by atoms with van der Waals surface area (Å²) in [6, 6.07) is 7.72. The SMILES string of the molecule is O=C1C(O)CCN1S(=O)(=O)c1ccccc1. The zero-order valence-electron chi connectivity index (χ0n) is 8.41. The van der Waals surface area contributed by atoms with Crippen LogP contribution in [0, 0.1) is 0 Å². The summed E-state index contributed by atoms with van der Waals surface area (Å²) >= 11 is 0. The van der Waals surface area contributed by atoms with Crippen LogP contribution < -0.4 is 0 Å². The molecule has 0 saturated carbocycles. The highest BCUT2D eigenvalue weighted by molar-refractivity contribution is 7.89. The van der Waals surface area contributed by atoms with Crippen LogP contribution >= 0.6 is 0 Å². The molecule has 86 valence electrons. The molecule has 1 aromatic carbocycles. The van der Waals surface area contributed by atoms with Gasteiger partial charge in [-0.15, -0.1) is 0 Å². The van der Waals surface area contributed by atoms with Gasteiger partial charge in [-0.3, -0.25) is 4.79 Å². The molecule has 0 aromatic heterocycles. The Kier molecular flexibility index (Phi) is 2.69. The molecule has 1 aliphatic heterocycles. The lowest BCUT2D eigenvalue weighted by atomic mass is 10.3. The number of nitrogens with zero attached hydrogens (tertiary/aromatic N) is 1. The van der Waals surface area contributed by atoms with E-state index < -0.39 is 22.0 Å². The van der Waals surface area contributed by atoms with E-state index in [-0.39, 0.29) is 17.9 Å². The number of hydrogen-bond acceptors (Lipinski definition) is 4. The van der Waals surface area contributed by atoms with Crippen molar-refractivity contribution in [3.63, 3.8) is 0 Å². The van der Waals surface area contributed by atoms with Gasteiger partial charge in [0.05, 0.1) is 4.90 Å². The summed E-state index contributed by atoms with van der Waals surface area (Å²) in [4.78, 5) is 11.5. The van der Waals surface area contributed by atoms with Crippen LogP contribution in [0.1, 0.15) is 6.42 Å². The third-order valence-corrected chi connectivity index (χ3v) is 4.28. The van der Waals surface area contributed by atoms with E-state index in [9.17, 15) is 18.3 Å². The van der Waals surface area contributed by atoms with Crippen molar-refractivity contribution < 1.29 is 18.3 Å². The predicted octanol–water partition coefficient (Wildman–Crippen LogP) is -0.0315. The fraction of sp³-hybridized carbons (Fsp3) is 0.300. The van der Waals surface area contributed by atoms with E-state index >= 15 is 0 Å². The average Bonchev–Trinajstić information content (AvgIpc) is 2.61. The van der Waals surface area contributed by atoms with E-state index in [1.165, 1.54) is 12.1 Å². The van der Waals surface area contributed by atoms with Crippen LogP contribution in [0.4, 0.5) is 0 Å². The average molecular weight is 241 g/mol. The van der Waals surface area contributed by atoms with Gasteiger partial charge in [0, 0.05) is 13.0 Å². The lowest BCUT2D eigenvalue weighted by Gasteiger charge is -2.15. The number of amides is 1. The molecule has 0 spiro atoms. The van der Waals surface area contributed by atoms with E-state index in [0.717, 1.165) is 4.31 Å². The van der Waals surface area contributed by atoms with Gasteiger partial charge in [0.2, 0.25) is 0 Å². The lowest BCUT2D eigenvalue weighted by Crippen LogP contribution is -2.35. The maximum absolute atomic E-state index is 12.0. The van der Waals surface area contributed by atoms with E-state index in [1.807, 2.05) is 0 Å². The van der Waals surface area contributed by atoms with Crippen molar-refractivity contribution in [1.82, 2.24) is 4.31 Å². The number of hydrogen-bond donors (Lipinski definition) is 1. The number of rotatable bonds is 2. The van der Waals surface area contributed by atoms with Gasteiger partial charge in [-0.1, -0.05) is 18.2 Å². The highest BCUT2D eigenvalue weighted by Crippen LogP contribution is 2.21. The molecular formula is C10H11NO4S. The van der Waals surface area contributed by atoms with Gasteiger partial charge in [-0.05, 0) is 12.1 Å². The minimum atomic E-state index is -3.80. The third kappa shape index (κ3) is 1.70. The lowest BCUT2D eigenvalue weighted by molar-refractivity contribution is -0.130. The molecular weight excluding hydrogens is 230 g/mol. The molecule has 6 heteroatoms. The minimum absolute atomic E-state index is 0.0389. The fourth-order valence-corrected chi connectivity index (χ4v) is 3.06. The summed E-state index contributed by atoms with van der Waals surface area (Å²) in [5.41, 5.74) is 0. The molecule has 1 N–H and O–H groups in total. The summed E-state index contributed by atoms with van der Waals surface area (Å²) in [6.45, 7) is 0.0389. The second-order valence-electron chi connectivity index (χ2n) is 3.53. The summed E-state index contributed by atoms with van der Waals surface area (Å²) < 4.78 is 24.7. The van der Waals surface area contributed by atoms with E-state index in [1.54, 1.807) is 18.2 Å². The standard InChI is InChI=1S/C10H11NO4S/c12-9-6-7-11(10(9)13)16(14,15)8-4-2-1-3-5-8/h1-5,9,12H,6-7H2. The van der Waals surface area contributed by atoms with Crippen LogP contribution in [0.3, 0.4) is 0 Å². The molecule has 1 fully saturated rings. The summed E-state index contributed by atoms with van der Waals surface area (Å²) in [5.74, 6) is -0.746. The molecule has 1 atom stereocenters. The maximum Gasteiger partial charge on any atom is 0.266 e. The Labute approximate surface area is 93.4 Å². The Morgan fingerprint density at radius 2 is 1.88 bits per heavy atom. The quantitative estimate of drug-likeness (QED) is 0.789. The molecule has 0 radical (unpaired) electrons. The third-order valence-electron chi connectivity index (χ3n) is 2.47. The van der Waals surface area contributed by atoms with Gasteiger partial charge in [0.25, 0.3) is 15.9 Å². The molecule has 2 rings (SSSR count). The van der Waals surface area contributed by atoms with Crippen LogP contribution in [0.25, 0.3) is 0 Å². The first-order chi connectivity index (χ1) is 7.53. The molecule has 1 heterocycles. The van der Waals surface area contributed by atoms with Gasteiger partial charge >= 0.3 is 0 Å². The van der Waals surface area contributed by atoms with Crippen LogP contribution in [0.2, 0.25) is 0 Å². The van der Waals surface area contributed by atoms with E-state index in [4.69, 9.17) is 0 Å². The topological polar surface area (TPSA) is 74.7 Å².